The lowest BCUT2D eigenvalue weighted by Crippen LogP contribution is -2.17. The molecule has 0 atom stereocenters. The van der Waals surface area contributed by atoms with Crippen LogP contribution in [0.25, 0.3) is 0 Å². The molecule has 0 aliphatic carbocycles. The number of nitrogens with zero attached hydrogens (tertiary/aromatic N) is 1. The quantitative estimate of drug-likeness (QED) is 0.680. The second kappa shape index (κ2) is 5.17. The van der Waals surface area contributed by atoms with Gasteiger partial charge in [-0.15, -0.1) is 5.10 Å². The topological polar surface area (TPSA) is 117 Å². The molecule has 0 radical (unpaired) electrons. The maximum Gasteiger partial charge on any atom is 0.341 e. The zero-order chi connectivity index (χ0) is 13.8. The molecule has 3 N–H and O–H groups in total. The highest BCUT2D eigenvalue weighted by atomic mass is 16.5. The van der Waals surface area contributed by atoms with Crippen LogP contribution in [0.2, 0.25) is 0 Å². The number of hydrogen-bond donors (Lipinski definition) is 3. The maximum atomic E-state index is 11.8. The summed E-state index contributed by atoms with van der Waals surface area (Å²) in [4.78, 5) is 36.3. The van der Waals surface area contributed by atoms with Gasteiger partial charge in [-0.2, -0.15) is 0 Å². The normalized spacial score (nSPS) is 9.95. The number of methoxy groups -OCH3 is 1. The number of carbonyl (C=O) groups is 2. The van der Waals surface area contributed by atoms with Crippen LogP contribution in [0.1, 0.15) is 21.0 Å². The predicted octanol–water partition coefficient (Wildman–Crippen LogP) is 0.137. The lowest BCUT2D eigenvalue weighted by molar-refractivity contribution is 0.0602. The summed E-state index contributed by atoms with van der Waals surface area (Å²) < 4.78 is 4.60. The van der Waals surface area contributed by atoms with Crippen LogP contribution in [0, 0.1) is 0 Å². The second-order valence-corrected chi connectivity index (χ2v) is 3.52. The van der Waals surface area contributed by atoms with Gasteiger partial charge in [0, 0.05) is 0 Å². The fourth-order valence-corrected chi connectivity index (χ4v) is 1.44. The van der Waals surface area contributed by atoms with E-state index in [1.165, 1.54) is 19.2 Å². The summed E-state index contributed by atoms with van der Waals surface area (Å²) in [6.45, 7) is 0. The van der Waals surface area contributed by atoms with Gasteiger partial charge in [0.25, 0.3) is 5.91 Å². The number of ether oxygens (including phenoxy) is 1. The third-order valence-electron chi connectivity index (χ3n) is 2.30. The molecule has 2 rings (SSSR count). The average molecular weight is 262 g/mol. The van der Waals surface area contributed by atoms with Gasteiger partial charge < -0.3 is 10.1 Å². The molecule has 8 nitrogen and oxygen atoms in total. The Morgan fingerprint density at radius 1 is 1.32 bits per heavy atom. The van der Waals surface area contributed by atoms with Crippen molar-refractivity contribution in [1.82, 2.24) is 15.2 Å². The number of amides is 1. The zero-order valence-corrected chi connectivity index (χ0v) is 9.89. The molecule has 0 spiro atoms. The Labute approximate surface area is 106 Å². The SMILES string of the molecule is COC(=O)c1ccccc1NC(=O)c1n[nH]c(=O)[nH]1. The van der Waals surface area contributed by atoms with Gasteiger partial charge in [-0.25, -0.2) is 14.7 Å². The molecule has 8 heteroatoms. The second-order valence-electron chi connectivity index (χ2n) is 3.52. The number of aromatic amines is 2. The molecule has 0 saturated carbocycles. The number of hydrogen-bond acceptors (Lipinski definition) is 5. The molecule has 0 aliphatic rings. The Hall–Kier alpha value is -2.90. The van der Waals surface area contributed by atoms with Gasteiger partial charge in [0.1, 0.15) is 0 Å². The highest BCUT2D eigenvalue weighted by Crippen LogP contribution is 2.16. The Bertz CT molecular complexity index is 673. The third kappa shape index (κ3) is 2.68. The number of carbonyl (C=O) groups excluding carboxylic acids is 2. The first-order valence-electron chi connectivity index (χ1n) is 5.25. The molecule has 1 amide bonds. The number of aromatic nitrogens is 3. The highest BCUT2D eigenvalue weighted by molar-refractivity contribution is 6.06. The number of benzene rings is 1. The molecular formula is C11H10N4O4. The Balaban J connectivity index is 2.26. The van der Waals surface area contributed by atoms with Gasteiger partial charge in [0.2, 0.25) is 5.82 Å². The van der Waals surface area contributed by atoms with E-state index in [1.54, 1.807) is 12.1 Å². The molecule has 2 aromatic rings. The first kappa shape index (κ1) is 12.6. The number of nitrogens with one attached hydrogen (secondary N) is 3. The first-order valence-corrected chi connectivity index (χ1v) is 5.25. The van der Waals surface area contributed by atoms with Gasteiger partial charge in [0.15, 0.2) is 0 Å². The van der Waals surface area contributed by atoms with Gasteiger partial charge in [0.05, 0.1) is 18.4 Å². The lowest BCUT2D eigenvalue weighted by Gasteiger charge is -2.07. The van der Waals surface area contributed by atoms with Crippen molar-refractivity contribution in [3.8, 4) is 0 Å². The van der Waals surface area contributed by atoms with Gasteiger partial charge in [-0.3, -0.25) is 9.78 Å². The van der Waals surface area contributed by atoms with E-state index in [2.05, 4.69) is 25.2 Å². The average Bonchev–Trinajstić information content (AvgIpc) is 2.85. The number of rotatable bonds is 3. The molecule has 0 unspecified atom stereocenters. The van der Waals surface area contributed by atoms with Crippen molar-refractivity contribution in [3.05, 3.63) is 46.1 Å². The van der Waals surface area contributed by atoms with E-state index in [-0.39, 0.29) is 17.1 Å². The molecular weight excluding hydrogens is 252 g/mol. The molecule has 1 heterocycles. The van der Waals surface area contributed by atoms with E-state index >= 15 is 0 Å². The summed E-state index contributed by atoms with van der Waals surface area (Å²) in [5, 5.41) is 8.02. The van der Waals surface area contributed by atoms with Crippen molar-refractivity contribution in [3.63, 3.8) is 0 Å². The van der Waals surface area contributed by atoms with E-state index < -0.39 is 17.6 Å². The molecule has 98 valence electrons. The standard InChI is InChI=1S/C11H10N4O4/c1-19-10(17)6-4-2-3-5-7(6)12-9(16)8-13-11(18)15-14-8/h2-5H,1H3,(H,12,16)(H2,13,14,15,18). The van der Waals surface area contributed by atoms with Crippen LogP contribution in [-0.2, 0) is 4.74 Å². The van der Waals surface area contributed by atoms with E-state index in [0.29, 0.717) is 0 Å². The van der Waals surface area contributed by atoms with Gasteiger partial charge >= 0.3 is 11.7 Å². The first-order chi connectivity index (χ1) is 9.11. The van der Waals surface area contributed by atoms with Crippen LogP contribution in [0.5, 0.6) is 0 Å². The maximum absolute atomic E-state index is 11.8. The minimum atomic E-state index is -0.644. The summed E-state index contributed by atoms with van der Waals surface area (Å²) in [5.74, 6) is -1.40. The summed E-state index contributed by atoms with van der Waals surface area (Å²) >= 11 is 0. The smallest absolute Gasteiger partial charge is 0.341 e. The minimum Gasteiger partial charge on any atom is -0.465 e. The lowest BCUT2D eigenvalue weighted by atomic mass is 10.2. The van der Waals surface area contributed by atoms with Crippen molar-refractivity contribution >= 4 is 17.6 Å². The number of para-hydroxylation sites is 1. The Morgan fingerprint density at radius 2 is 2.05 bits per heavy atom. The molecule has 0 saturated heterocycles. The molecule has 0 aliphatic heterocycles. The van der Waals surface area contributed by atoms with Crippen LogP contribution in [0.4, 0.5) is 5.69 Å². The van der Waals surface area contributed by atoms with Crippen LogP contribution < -0.4 is 11.0 Å². The summed E-state index contributed by atoms with van der Waals surface area (Å²) in [6, 6.07) is 6.33. The van der Waals surface area contributed by atoms with Crippen molar-refractivity contribution in [2.24, 2.45) is 0 Å². The number of H-pyrrole nitrogens is 2. The van der Waals surface area contributed by atoms with E-state index in [9.17, 15) is 14.4 Å². The van der Waals surface area contributed by atoms with Crippen molar-refractivity contribution in [2.75, 3.05) is 12.4 Å². The van der Waals surface area contributed by atoms with E-state index in [1.807, 2.05) is 0 Å². The van der Waals surface area contributed by atoms with Crippen LogP contribution in [-0.4, -0.2) is 34.2 Å². The fourth-order valence-electron chi connectivity index (χ4n) is 1.44. The monoisotopic (exact) mass is 262 g/mol. The minimum absolute atomic E-state index is 0.176. The predicted molar refractivity (Wildman–Crippen MR) is 64.9 cm³/mol. The van der Waals surface area contributed by atoms with Gasteiger partial charge in [-0.05, 0) is 12.1 Å². The largest absolute Gasteiger partial charge is 0.465 e. The summed E-state index contributed by atoms with van der Waals surface area (Å²) in [5.41, 5.74) is -0.120. The Kier molecular flexibility index (Phi) is 3.42. The Morgan fingerprint density at radius 3 is 2.68 bits per heavy atom. The van der Waals surface area contributed by atoms with Crippen molar-refractivity contribution in [1.29, 1.82) is 0 Å². The summed E-state index contributed by atoms with van der Waals surface area (Å²) in [6.07, 6.45) is 0. The van der Waals surface area contributed by atoms with Gasteiger partial charge in [-0.1, -0.05) is 12.1 Å². The number of esters is 1. The zero-order valence-electron chi connectivity index (χ0n) is 9.89. The highest BCUT2D eigenvalue weighted by Gasteiger charge is 2.15. The molecule has 19 heavy (non-hydrogen) atoms. The molecule has 0 bridgehead atoms. The molecule has 1 aromatic heterocycles. The summed E-state index contributed by atoms with van der Waals surface area (Å²) in [7, 11) is 1.24. The molecule has 1 aromatic carbocycles. The van der Waals surface area contributed by atoms with Crippen LogP contribution >= 0.6 is 0 Å². The van der Waals surface area contributed by atoms with Crippen molar-refractivity contribution < 1.29 is 14.3 Å². The van der Waals surface area contributed by atoms with Crippen LogP contribution in [0.15, 0.2) is 29.1 Å². The number of anilines is 1. The van der Waals surface area contributed by atoms with Crippen LogP contribution in [0.3, 0.4) is 0 Å². The van der Waals surface area contributed by atoms with E-state index in [0.717, 1.165) is 0 Å². The van der Waals surface area contributed by atoms with E-state index in [4.69, 9.17) is 0 Å². The van der Waals surface area contributed by atoms with Crippen molar-refractivity contribution in [2.45, 2.75) is 0 Å². The third-order valence-corrected chi connectivity index (χ3v) is 2.30. The fraction of sp³-hybridized carbons (Fsp3) is 0.0909. The molecule has 0 fully saturated rings.